The molecule has 4 nitrogen and oxygen atoms in total. The Bertz CT molecular complexity index is 308. The molecule has 0 bridgehead atoms. The van der Waals surface area contributed by atoms with Crippen LogP contribution in [0.4, 0.5) is 0 Å². The Hall–Kier alpha value is -0.870. The fourth-order valence-electron chi connectivity index (χ4n) is 2.30. The number of hydrogen-bond donors (Lipinski definition) is 1. The predicted molar refractivity (Wildman–Crippen MR) is 56.3 cm³/mol. The fourth-order valence-corrected chi connectivity index (χ4v) is 2.30. The summed E-state index contributed by atoms with van der Waals surface area (Å²) in [5, 5.41) is 7.25. The number of rotatable bonds is 4. The minimum Gasteiger partial charge on any atom is -0.364 e. The molecule has 15 heavy (non-hydrogen) atoms. The van der Waals surface area contributed by atoms with Gasteiger partial charge in [-0.3, -0.25) is 4.90 Å². The molecule has 1 unspecified atom stereocenters. The van der Waals surface area contributed by atoms with E-state index in [0.717, 1.165) is 18.2 Å². The van der Waals surface area contributed by atoms with Crippen LogP contribution >= 0.6 is 0 Å². The van der Waals surface area contributed by atoms with Gasteiger partial charge in [-0.15, -0.1) is 0 Å². The summed E-state index contributed by atoms with van der Waals surface area (Å²) in [6.45, 7) is 3.37. The molecule has 2 fully saturated rings. The summed E-state index contributed by atoms with van der Waals surface area (Å²) in [6.07, 6.45) is 7.60. The highest BCUT2D eigenvalue weighted by Crippen LogP contribution is 2.29. The third-order valence-electron chi connectivity index (χ3n) is 3.36. The van der Waals surface area contributed by atoms with Crippen molar-refractivity contribution in [2.24, 2.45) is 0 Å². The lowest BCUT2D eigenvalue weighted by atomic mass is 10.2. The van der Waals surface area contributed by atoms with Gasteiger partial charge in [0.25, 0.3) is 0 Å². The van der Waals surface area contributed by atoms with Crippen LogP contribution in [0, 0.1) is 0 Å². The molecule has 1 aromatic rings. The second-order valence-corrected chi connectivity index (χ2v) is 4.63. The van der Waals surface area contributed by atoms with E-state index in [-0.39, 0.29) is 0 Å². The highest BCUT2D eigenvalue weighted by molar-refractivity contribution is 5.00. The van der Waals surface area contributed by atoms with E-state index >= 15 is 0 Å². The molecule has 1 aliphatic carbocycles. The van der Waals surface area contributed by atoms with Gasteiger partial charge in [0.1, 0.15) is 6.26 Å². The molecule has 0 amide bonds. The standard InChI is InChI=1S/C11H17N3O/c1-2-11(1)14-4-3-10(7-14)12-5-9-6-13-15-8-9/h6,8,10-12H,1-5,7H2. The first-order chi connectivity index (χ1) is 7.42. The summed E-state index contributed by atoms with van der Waals surface area (Å²) in [5.41, 5.74) is 1.14. The van der Waals surface area contributed by atoms with E-state index in [0.29, 0.717) is 6.04 Å². The van der Waals surface area contributed by atoms with Crippen molar-refractivity contribution >= 4 is 0 Å². The van der Waals surface area contributed by atoms with Crippen molar-refractivity contribution in [3.8, 4) is 0 Å². The van der Waals surface area contributed by atoms with E-state index in [4.69, 9.17) is 4.52 Å². The number of aromatic nitrogens is 1. The van der Waals surface area contributed by atoms with E-state index in [2.05, 4.69) is 15.4 Å². The number of likely N-dealkylation sites (tertiary alicyclic amines) is 1. The van der Waals surface area contributed by atoms with Gasteiger partial charge in [-0.1, -0.05) is 5.16 Å². The molecule has 1 aromatic heterocycles. The zero-order chi connectivity index (χ0) is 10.1. The molecule has 0 aromatic carbocycles. The van der Waals surface area contributed by atoms with Crippen molar-refractivity contribution < 1.29 is 4.52 Å². The van der Waals surface area contributed by atoms with E-state index in [1.165, 1.54) is 32.4 Å². The van der Waals surface area contributed by atoms with Crippen LogP contribution in [0.1, 0.15) is 24.8 Å². The van der Waals surface area contributed by atoms with Crippen molar-refractivity contribution in [2.75, 3.05) is 13.1 Å². The van der Waals surface area contributed by atoms with Gasteiger partial charge in [-0.05, 0) is 19.3 Å². The molecule has 82 valence electrons. The molecular formula is C11H17N3O. The largest absolute Gasteiger partial charge is 0.364 e. The summed E-state index contributed by atoms with van der Waals surface area (Å²) < 4.78 is 4.80. The topological polar surface area (TPSA) is 41.3 Å². The van der Waals surface area contributed by atoms with E-state index in [1.807, 2.05) is 0 Å². The summed E-state index contributed by atoms with van der Waals surface area (Å²) in [6, 6.07) is 1.56. The van der Waals surface area contributed by atoms with Gasteiger partial charge < -0.3 is 9.84 Å². The van der Waals surface area contributed by atoms with Crippen LogP contribution < -0.4 is 5.32 Å². The van der Waals surface area contributed by atoms with E-state index < -0.39 is 0 Å². The molecule has 1 atom stereocenters. The monoisotopic (exact) mass is 207 g/mol. The first kappa shape index (κ1) is 9.36. The van der Waals surface area contributed by atoms with Crippen LogP contribution in [-0.2, 0) is 6.54 Å². The molecule has 1 N–H and O–H groups in total. The molecule has 3 rings (SSSR count). The normalized spacial score (nSPS) is 27.3. The van der Waals surface area contributed by atoms with Crippen LogP contribution in [0.5, 0.6) is 0 Å². The second-order valence-electron chi connectivity index (χ2n) is 4.63. The Balaban J connectivity index is 1.44. The second kappa shape index (κ2) is 3.94. The number of nitrogens with one attached hydrogen (secondary N) is 1. The lowest BCUT2D eigenvalue weighted by molar-refractivity contribution is 0.317. The third-order valence-corrected chi connectivity index (χ3v) is 3.36. The van der Waals surface area contributed by atoms with Crippen molar-refractivity contribution in [3.05, 3.63) is 18.0 Å². The molecular weight excluding hydrogens is 190 g/mol. The van der Waals surface area contributed by atoms with Crippen LogP contribution in [0.25, 0.3) is 0 Å². The Kier molecular flexibility index (Phi) is 2.46. The van der Waals surface area contributed by atoms with Gasteiger partial charge in [0.05, 0.1) is 6.20 Å². The molecule has 0 radical (unpaired) electrons. The summed E-state index contributed by atoms with van der Waals surface area (Å²) >= 11 is 0. The summed E-state index contributed by atoms with van der Waals surface area (Å²) in [7, 11) is 0. The Morgan fingerprint density at radius 1 is 1.47 bits per heavy atom. The third kappa shape index (κ3) is 2.21. The van der Waals surface area contributed by atoms with Crippen LogP contribution in [0.3, 0.4) is 0 Å². The maximum atomic E-state index is 4.80. The summed E-state index contributed by atoms with van der Waals surface area (Å²) in [4.78, 5) is 2.62. The lowest BCUT2D eigenvalue weighted by Gasteiger charge is -2.15. The highest BCUT2D eigenvalue weighted by atomic mass is 16.5. The first-order valence-corrected chi connectivity index (χ1v) is 5.77. The lowest BCUT2D eigenvalue weighted by Crippen LogP contribution is -2.32. The molecule has 4 heteroatoms. The zero-order valence-corrected chi connectivity index (χ0v) is 8.85. The molecule has 1 saturated carbocycles. The van der Waals surface area contributed by atoms with E-state index in [9.17, 15) is 0 Å². The maximum Gasteiger partial charge on any atom is 0.128 e. The van der Waals surface area contributed by atoms with Gasteiger partial charge in [-0.25, -0.2) is 0 Å². The van der Waals surface area contributed by atoms with Crippen molar-refractivity contribution in [1.82, 2.24) is 15.4 Å². The molecule has 2 aliphatic rings. The maximum absolute atomic E-state index is 4.80. The van der Waals surface area contributed by atoms with Crippen LogP contribution in [0.2, 0.25) is 0 Å². The molecule has 2 heterocycles. The van der Waals surface area contributed by atoms with E-state index in [1.54, 1.807) is 12.5 Å². The summed E-state index contributed by atoms with van der Waals surface area (Å²) in [5.74, 6) is 0. The molecule has 0 spiro atoms. The van der Waals surface area contributed by atoms with Gasteiger partial charge in [-0.2, -0.15) is 0 Å². The SMILES string of the molecule is c1nocc1CNC1CCN(C2CC2)C1. The molecule has 1 aliphatic heterocycles. The van der Waals surface area contributed by atoms with Crippen molar-refractivity contribution in [2.45, 2.75) is 37.9 Å². The van der Waals surface area contributed by atoms with Crippen LogP contribution in [-0.4, -0.2) is 35.2 Å². The fraction of sp³-hybridized carbons (Fsp3) is 0.727. The quantitative estimate of drug-likeness (QED) is 0.799. The molecule has 1 saturated heterocycles. The van der Waals surface area contributed by atoms with Gasteiger partial charge in [0, 0.05) is 37.3 Å². The zero-order valence-electron chi connectivity index (χ0n) is 8.85. The minimum atomic E-state index is 0.653. The van der Waals surface area contributed by atoms with Gasteiger partial charge >= 0.3 is 0 Å². The average Bonchev–Trinajstić information content (AvgIpc) is 2.82. The van der Waals surface area contributed by atoms with Crippen molar-refractivity contribution in [3.63, 3.8) is 0 Å². The van der Waals surface area contributed by atoms with Crippen molar-refractivity contribution in [1.29, 1.82) is 0 Å². The number of nitrogens with zero attached hydrogens (tertiary/aromatic N) is 2. The first-order valence-electron chi connectivity index (χ1n) is 5.77. The minimum absolute atomic E-state index is 0.653. The predicted octanol–water partition coefficient (Wildman–Crippen LogP) is 1.00. The van der Waals surface area contributed by atoms with Gasteiger partial charge in [0.15, 0.2) is 0 Å². The highest BCUT2D eigenvalue weighted by Gasteiger charge is 2.33. The number of hydrogen-bond acceptors (Lipinski definition) is 4. The Morgan fingerprint density at radius 3 is 3.13 bits per heavy atom. The smallest absolute Gasteiger partial charge is 0.128 e. The average molecular weight is 207 g/mol. The van der Waals surface area contributed by atoms with Gasteiger partial charge in [0.2, 0.25) is 0 Å². The Morgan fingerprint density at radius 2 is 2.40 bits per heavy atom. The van der Waals surface area contributed by atoms with Crippen LogP contribution in [0.15, 0.2) is 17.0 Å². The Labute approximate surface area is 89.6 Å².